The van der Waals surface area contributed by atoms with E-state index in [9.17, 15) is 0 Å². The number of unbranched alkanes of at least 4 members (excludes halogenated alkanes) is 4. The van der Waals surface area contributed by atoms with E-state index < -0.39 is 0 Å². The molecule has 122 valence electrons. The summed E-state index contributed by atoms with van der Waals surface area (Å²) in [5.74, 6) is 6.29. The number of aryl methyl sites for hydroxylation is 1. The maximum absolute atomic E-state index is 6.29. The average molecular weight is 302 g/mol. The number of allylic oxidation sites excluding steroid dienone is 1. The molecule has 0 radical (unpaired) electrons. The van der Waals surface area contributed by atoms with Crippen LogP contribution in [0.15, 0.2) is 30.0 Å². The summed E-state index contributed by atoms with van der Waals surface area (Å²) in [6, 6.07) is 8.46. The molecule has 1 aromatic carbocycles. The number of hydrogen-bond donors (Lipinski definition) is 2. The monoisotopic (exact) mass is 302 g/mol. The maximum atomic E-state index is 6.29. The Labute approximate surface area is 134 Å². The molecule has 0 fully saturated rings. The van der Waals surface area contributed by atoms with Crippen molar-refractivity contribution in [1.82, 2.24) is 15.7 Å². The van der Waals surface area contributed by atoms with Gasteiger partial charge in [0.1, 0.15) is 0 Å². The first-order valence-corrected chi connectivity index (χ1v) is 8.57. The number of nitrogens with zero attached hydrogens (tertiary/aromatic N) is 2. The van der Waals surface area contributed by atoms with E-state index in [1.165, 1.54) is 43.2 Å². The van der Waals surface area contributed by atoms with Gasteiger partial charge in [0.2, 0.25) is 0 Å². The normalized spacial score (nSPS) is 15.5. The minimum Gasteiger partial charge on any atom is -0.298 e. The van der Waals surface area contributed by atoms with Crippen LogP contribution in [0.5, 0.6) is 0 Å². The second kappa shape index (κ2) is 8.20. The number of nitrogens with two attached hydrogens (primary N) is 1. The van der Waals surface area contributed by atoms with Gasteiger partial charge >= 0.3 is 0 Å². The Morgan fingerprint density at radius 2 is 1.77 bits per heavy atom. The molecule has 0 aromatic heterocycles. The zero-order chi connectivity index (χ0) is 15.9. The standard InChI is InChI=1S/C18H30N4/c1-4-6-7-8-11-14-21-20-18(17(5-2)22(21)19)16-13-10-9-12-15(16)3/h9-10,12-13,20H,4-8,11,14,19H2,1-3H3. The molecule has 1 aliphatic heterocycles. The lowest BCUT2D eigenvalue weighted by Gasteiger charge is -2.26. The SMILES string of the molecule is CCCCCCCN1NC(c2ccccc2C)=C(CC)N1N. The van der Waals surface area contributed by atoms with Crippen molar-refractivity contribution in [1.29, 1.82) is 0 Å². The Hall–Kier alpha value is -1.52. The molecule has 1 aliphatic rings. The molecule has 0 atom stereocenters. The number of nitrogens with one attached hydrogen (secondary N) is 1. The zero-order valence-corrected chi connectivity index (χ0v) is 14.2. The first-order chi connectivity index (χ1) is 10.7. The molecular formula is C18H30N4. The molecular weight excluding hydrogens is 272 g/mol. The molecule has 2 rings (SSSR count). The summed E-state index contributed by atoms with van der Waals surface area (Å²) in [5.41, 5.74) is 8.32. The van der Waals surface area contributed by atoms with Crippen LogP contribution in [0.3, 0.4) is 0 Å². The highest BCUT2D eigenvalue weighted by atomic mass is 15.9. The fourth-order valence-corrected chi connectivity index (χ4v) is 2.94. The fourth-order valence-electron chi connectivity index (χ4n) is 2.94. The summed E-state index contributed by atoms with van der Waals surface area (Å²) in [6.45, 7) is 7.49. The van der Waals surface area contributed by atoms with Crippen molar-refractivity contribution in [3.63, 3.8) is 0 Å². The highest BCUT2D eigenvalue weighted by molar-refractivity contribution is 5.69. The molecule has 0 amide bonds. The third-order valence-electron chi connectivity index (χ3n) is 4.29. The first kappa shape index (κ1) is 16.8. The van der Waals surface area contributed by atoms with Gasteiger partial charge in [0.25, 0.3) is 0 Å². The third-order valence-corrected chi connectivity index (χ3v) is 4.29. The minimum absolute atomic E-state index is 0.916. The summed E-state index contributed by atoms with van der Waals surface area (Å²) >= 11 is 0. The van der Waals surface area contributed by atoms with Crippen LogP contribution in [0.2, 0.25) is 0 Å². The van der Waals surface area contributed by atoms with Gasteiger partial charge in [-0.25, -0.2) is 11.0 Å². The van der Waals surface area contributed by atoms with E-state index in [0.717, 1.165) is 24.4 Å². The van der Waals surface area contributed by atoms with Gasteiger partial charge in [0.15, 0.2) is 0 Å². The summed E-state index contributed by atoms with van der Waals surface area (Å²) in [4.78, 5) is 0. The van der Waals surface area contributed by atoms with Crippen molar-refractivity contribution < 1.29 is 0 Å². The van der Waals surface area contributed by atoms with Crippen LogP contribution in [0.1, 0.15) is 63.5 Å². The Kier molecular flexibility index (Phi) is 6.28. The van der Waals surface area contributed by atoms with Crippen molar-refractivity contribution in [2.75, 3.05) is 6.54 Å². The van der Waals surface area contributed by atoms with Gasteiger partial charge in [-0.15, -0.1) is 5.12 Å². The van der Waals surface area contributed by atoms with E-state index >= 15 is 0 Å². The van der Waals surface area contributed by atoms with E-state index in [2.05, 4.69) is 50.5 Å². The Morgan fingerprint density at radius 1 is 1.05 bits per heavy atom. The summed E-state index contributed by atoms with van der Waals surface area (Å²) in [5, 5.41) is 3.84. The second-order valence-corrected chi connectivity index (χ2v) is 5.98. The van der Waals surface area contributed by atoms with Crippen molar-refractivity contribution in [3.05, 3.63) is 41.1 Å². The maximum Gasteiger partial charge on any atom is 0.0806 e. The van der Waals surface area contributed by atoms with Gasteiger partial charge in [-0.3, -0.25) is 5.43 Å². The second-order valence-electron chi connectivity index (χ2n) is 5.98. The van der Waals surface area contributed by atoms with Gasteiger partial charge in [-0.05, 0) is 25.3 Å². The minimum atomic E-state index is 0.916. The third kappa shape index (κ3) is 3.81. The highest BCUT2D eigenvalue weighted by Gasteiger charge is 2.27. The van der Waals surface area contributed by atoms with Gasteiger partial charge in [-0.1, -0.05) is 63.8 Å². The van der Waals surface area contributed by atoms with Crippen LogP contribution in [0.25, 0.3) is 5.70 Å². The predicted molar refractivity (Wildman–Crippen MR) is 93.0 cm³/mol. The molecule has 1 aromatic rings. The topological polar surface area (TPSA) is 44.5 Å². The number of hydrogen-bond acceptors (Lipinski definition) is 4. The van der Waals surface area contributed by atoms with Gasteiger partial charge < -0.3 is 0 Å². The molecule has 1 heterocycles. The van der Waals surface area contributed by atoms with Crippen molar-refractivity contribution in [2.45, 2.75) is 59.3 Å². The summed E-state index contributed by atoms with van der Waals surface area (Å²) in [7, 11) is 0. The van der Waals surface area contributed by atoms with Crippen LogP contribution >= 0.6 is 0 Å². The average Bonchev–Trinajstić information content (AvgIpc) is 2.83. The largest absolute Gasteiger partial charge is 0.298 e. The van der Waals surface area contributed by atoms with Crippen LogP contribution < -0.4 is 11.3 Å². The van der Waals surface area contributed by atoms with E-state index in [-0.39, 0.29) is 0 Å². The molecule has 4 nitrogen and oxygen atoms in total. The summed E-state index contributed by atoms with van der Waals surface area (Å²) in [6.07, 6.45) is 7.27. The Bertz CT molecular complexity index is 510. The van der Waals surface area contributed by atoms with Crippen LogP contribution in [-0.4, -0.2) is 16.8 Å². The molecule has 0 bridgehead atoms. The molecule has 22 heavy (non-hydrogen) atoms. The van der Waals surface area contributed by atoms with Gasteiger partial charge in [-0.2, -0.15) is 0 Å². The van der Waals surface area contributed by atoms with Crippen LogP contribution in [0, 0.1) is 6.92 Å². The molecule has 4 heteroatoms. The van der Waals surface area contributed by atoms with Crippen molar-refractivity contribution in [3.8, 4) is 0 Å². The van der Waals surface area contributed by atoms with E-state index in [1.54, 1.807) is 5.12 Å². The zero-order valence-electron chi connectivity index (χ0n) is 14.2. The van der Waals surface area contributed by atoms with E-state index in [4.69, 9.17) is 5.84 Å². The molecule has 0 aliphatic carbocycles. The first-order valence-electron chi connectivity index (χ1n) is 8.57. The molecule has 3 N–H and O–H groups in total. The highest BCUT2D eigenvalue weighted by Crippen LogP contribution is 2.28. The van der Waals surface area contributed by atoms with Crippen molar-refractivity contribution >= 4 is 5.70 Å². The number of rotatable bonds is 8. The smallest absolute Gasteiger partial charge is 0.0806 e. The molecule has 0 spiro atoms. The Balaban J connectivity index is 2.02. The lowest BCUT2D eigenvalue weighted by molar-refractivity contribution is -0.00629. The molecule has 0 saturated carbocycles. The van der Waals surface area contributed by atoms with Gasteiger partial charge in [0, 0.05) is 12.1 Å². The summed E-state index contributed by atoms with van der Waals surface area (Å²) < 4.78 is 0. The number of benzene rings is 1. The predicted octanol–water partition coefficient (Wildman–Crippen LogP) is 3.95. The lowest BCUT2D eigenvalue weighted by Crippen LogP contribution is -2.47. The van der Waals surface area contributed by atoms with E-state index in [0.29, 0.717) is 0 Å². The van der Waals surface area contributed by atoms with Crippen LogP contribution in [-0.2, 0) is 0 Å². The quantitative estimate of drug-likeness (QED) is 0.563. The fraction of sp³-hybridized carbons (Fsp3) is 0.556. The van der Waals surface area contributed by atoms with Crippen molar-refractivity contribution in [2.24, 2.45) is 5.84 Å². The van der Waals surface area contributed by atoms with Crippen LogP contribution in [0.4, 0.5) is 0 Å². The molecule has 0 unspecified atom stereocenters. The number of hydrazine groups is 3. The lowest BCUT2D eigenvalue weighted by atomic mass is 10.0. The Morgan fingerprint density at radius 3 is 2.45 bits per heavy atom. The van der Waals surface area contributed by atoms with Gasteiger partial charge in [0.05, 0.1) is 11.4 Å². The molecule has 0 saturated heterocycles. The van der Waals surface area contributed by atoms with E-state index in [1.807, 2.05) is 5.12 Å².